The first-order valence-electron chi connectivity index (χ1n) is 7.54. The number of carboxylic acids is 2. The van der Waals surface area contributed by atoms with Crippen LogP contribution in [0.15, 0.2) is 24.8 Å². The van der Waals surface area contributed by atoms with Crippen LogP contribution >= 0.6 is 0 Å². The van der Waals surface area contributed by atoms with Crippen molar-refractivity contribution in [3.05, 3.63) is 36.4 Å². The molecule has 2 aromatic rings. The van der Waals surface area contributed by atoms with E-state index in [2.05, 4.69) is 14.9 Å². The number of carbonyl (C=O) groups is 2. The van der Waals surface area contributed by atoms with Gasteiger partial charge < -0.3 is 19.3 Å². The average molecular weight is 335 g/mol. The molecule has 2 heterocycles. The van der Waals surface area contributed by atoms with Gasteiger partial charge in [-0.2, -0.15) is 0 Å². The van der Waals surface area contributed by atoms with Gasteiger partial charge in [-0.1, -0.05) is 0 Å². The van der Waals surface area contributed by atoms with Crippen LogP contribution in [-0.2, 0) is 35.8 Å². The third kappa shape index (κ3) is 4.66. The van der Waals surface area contributed by atoms with Crippen LogP contribution in [0.25, 0.3) is 0 Å². The van der Waals surface area contributed by atoms with Crippen molar-refractivity contribution in [1.82, 2.24) is 24.0 Å². The summed E-state index contributed by atoms with van der Waals surface area (Å²) in [4.78, 5) is 32.3. The SMILES string of the molecule is CC(C)N(Cc1nccn1CC(=O)O)Cc1nccn1CC(=O)O. The van der Waals surface area contributed by atoms with Gasteiger partial charge in [-0.25, -0.2) is 9.97 Å². The molecule has 0 atom stereocenters. The molecule has 9 nitrogen and oxygen atoms in total. The lowest BCUT2D eigenvalue weighted by Crippen LogP contribution is -2.32. The Bertz CT molecular complexity index is 650. The summed E-state index contributed by atoms with van der Waals surface area (Å²) in [6.45, 7) is 4.61. The minimum Gasteiger partial charge on any atom is -0.480 e. The predicted molar refractivity (Wildman–Crippen MR) is 84.1 cm³/mol. The first kappa shape index (κ1) is 17.7. The second-order valence-corrected chi connectivity index (χ2v) is 5.73. The highest BCUT2D eigenvalue weighted by Gasteiger charge is 2.18. The van der Waals surface area contributed by atoms with Gasteiger partial charge in [0.1, 0.15) is 24.7 Å². The standard InChI is InChI=1S/C15H21N5O4/c1-11(2)20(7-12-16-3-5-18(12)9-14(21)22)8-13-17-4-6-19(13)10-15(23)24/h3-6,11H,7-10H2,1-2H3,(H,21,22)(H,23,24). The molecule has 0 aliphatic heterocycles. The summed E-state index contributed by atoms with van der Waals surface area (Å²) in [6, 6.07) is 0.148. The van der Waals surface area contributed by atoms with Gasteiger partial charge in [-0.05, 0) is 13.8 Å². The van der Waals surface area contributed by atoms with Crippen molar-refractivity contribution < 1.29 is 19.8 Å². The Balaban J connectivity index is 2.13. The first-order valence-corrected chi connectivity index (χ1v) is 7.54. The molecule has 0 aliphatic rings. The lowest BCUT2D eigenvalue weighted by atomic mass is 10.3. The normalized spacial score (nSPS) is 11.3. The molecule has 0 spiro atoms. The molecule has 0 aromatic carbocycles. The number of aliphatic carboxylic acids is 2. The molecule has 2 aromatic heterocycles. The van der Waals surface area contributed by atoms with Gasteiger partial charge in [-0.3, -0.25) is 14.5 Å². The maximum atomic E-state index is 10.9. The summed E-state index contributed by atoms with van der Waals surface area (Å²) in [5.41, 5.74) is 0. The van der Waals surface area contributed by atoms with Gasteiger partial charge in [0.15, 0.2) is 0 Å². The highest BCUT2D eigenvalue weighted by Crippen LogP contribution is 2.12. The zero-order valence-electron chi connectivity index (χ0n) is 13.7. The largest absolute Gasteiger partial charge is 0.480 e. The Morgan fingerprint density at radius 2 is 1.42 bits per heavy atom. The van der Waals surface area contributed by atoms with E-state index in [9.17, 15) is 9.59 Å². The lowest BCUT2D eigenvalue weighted by Gasteiger charge is -2.26. The fourth-order valence-electron chi connectivity index (χ4n) is 2.35. The monoisotopic (exact) mass is 335 g/mol. The van der Waals surface area contributed by atoms with Gasteiger partial charge in [0.2, 0.25) is 0 Å². The molecule has 0 aliphatic carbocycles. The van der Waals surface area contributed by atoms with E-state index in [-0.39, 0.29) is 19.1 Å². The molecule has 0 saturated carbocycles. The van der Waals surface area contributed by atoms with E-state index in [0.29, 0.717) is 24.7 Å². The van der Waals surface area contributed by atoms with Crippen LogP contribution in [0, 0.1) is 0 Å². The Morgan fingerprint density at radius 1 is 1.00 bits per heavy atom. The lowest BCUT2D eigenvalue weighted by molar-refractivity contribution is -0.138. The first-order chi connectivity index (χ1) is 11.4. The van der Waals surface area contributed by atoms with Crippen LogP contribution in [0.5, 0.6) is 0 Å². The molecule has 0 radical (unpaired) electrons. The number of carboxylic acid groups (broad SMARTS) is 2. The number of hydrogen-bond donors (Lipinski definition) is 2. The van der Waals surface area contributed by atoms with Crippen molar-refractivity contribution in [2.24, 2.45) is 0 Å². The Labute approximate surface area is 139 Å². The van der Waals surface area contributed by atoms with Crippen LogP contribution in [0.1, 0.15) is 25.5 Å². The Hall–Kier alpha value is -2.68. The number of rotatable bonds is 9. The predicted octanol–water partition coefficient (Wildman–Crippen LogP) is 0.659. The summed E-state index contributed by atoms with van der Waals surface area (Å²) >= 11 is 0. The minimum atomic E-state index is -0.928. The van der Waals surface area contributed by atoms with Crippen molar-refractivity contribution in [3.8, 4) is 0 Å². The van der Waals surface area contributed by atoms with E-state index < -0.39 is 11.9 Å². The topological polar surface area (TPSA) is 113 Å². The smallest absolute Gasteiger partial charge is 0.323 e. The summed E-state index contributed by atoms with van der Waals surface area (Å²) in [6.07, 6.45) is 6.41. The van der Waals surface area contributed by atoms with Crippen LogP contribution in [0.4, 0.5) is 0 Å². The highest BCUT2D eigenvalue weighted by atomic mass is 16.4. The maximum Gasteiger partial charge on any atom is 0.323 e. The fraction of sp³-hybridized carbons (Fsp3) is 0.467. The molecule has 0 unspecified atom stereocenters. The molecular weight excluding hydrogens is 314 g/mol. The highest BCUT2D eigenvalue weighted by molar-refractivity contribution is 5.66. The summed E-state index contributed by atoms with van der Waals surface area (Å²) in [5, 5.41) is 17.9. The van der Waals surface area contributed by atoms with E-state index >= 15 is 0 Å². The summed E-state index contributed by atoms with van der Waals surface area (Å²) in [5.74, 6) is -0.574. The molecule has 24 heavy (non-hydrogen) atoms. The van der Waals surface area contributed by atoms with Crippen molar-refractivity contribution in [3.63, 3.8) is 0 Å². The Kier molecular flexibility index (Phi) is 5.69. The Morgan fingerprint density at radius 3 is 1.75 bits per heavy atom. The minimum absolute atomic E-state index is 0.144. The second-order valence-electron chi connectivity index (χ2n) is 5.73. The van der Waals surface area contributed by atoms with Crippen LogP contribution < -0.4 is 0 Å². The van der Waals surface area contributed by atoms with Crippen molar-refractivity contribution in [2.45, 2.75) is 46.1 Å². The zero-order chi connectivity index (χ0) is 17.7. The molecule has 0 saturated heterocycles. The molecule has 2 N–H and O–H groups in total. The number of nitrogens with zero attached hydrogens (tertiary/aromatic N) is 5. The molecule has 130 valence electrons. The zero-order valence-corrected chi connectivity index (χ0v) is 13.7. The summed E-state index contributed by atoms with van der Waals surface area (Å²) in [7, 11) is 0. The average Bonchev–Trinajstić information content (AvgIpc) is 3.07. The van der Waals surface area contributed by atoms with E-state index in [1.165, 1.54) is 0 Å². The van der Waals surface area contributed by atoms with Gasteiger partial charge in [0.25, 0.3) is 0 Å². The van der Waals surface area contributed by atoms with E-state index in [4.69, 9.17) is 10.2 Å². The van der Waals surface area contributed by atoms with Gasteiger partial charge in [-0.15, -0.1) is 0 Å². The van der Waals surface area contributed by atoms with Crippen molar-refractivity contribution in [1.29, 1.82) is 0 Å². The molecule has 2 rings (SSSR count). The van der Waals surface area contributed by atoms with E-state index in [1.54, 1.807) is 33.9 Å². The third-order valence-corrected chi connectivity index (χ3v) is 3.63. The molecule has 0 amide bonds. The van der Waals surface area contributed by atoms with Crippen molar-refractivity contribution >= 4 is 11.9 Å². The number of hydrogen-bond acceptors (Lipinski definition) is 5. The third-order valence-electron chi connectivity index (χ3n) is 3.63. The molecule has 0 fully saturated rings. The van der Waals surface area contributed by atoms with Crippen molar-refractivity contribution in [2.75, 3.05) is 0 Å². The van der Waals surface area contributed by atoms with Crippen LogP contribution in [-0.4, -0.2) is 52.2 Å². The van der Waals surface area contributed by atoms with Crippen LogP contribution in [0.3, 0.4) is 0 Å². The van der Waals surface area contributed by atoms with Gasteiger partial charge in [0.05, 0.1) is 13.1 Å². The van der Waals surface area contributed by atoms with Gasteiger partial charge >= 0.3 is 11.9 Å². The quantitative estimate of drug-likeness (QED) is 0.692. The van der Waals surface area contributed by atoms with E-state index in [1.807, 2.05) is 13.8 Å². The molecular formula is C15H21N5O4. The van der Waals surface area contributed by atoms with Gasteiger partial charge in [0, 0.05) is 30.8 Å². The number of imidazole rings is 2. The maximum absolute atomic E-state index is 10.9. The van der Waals surface area contributed by atoms with E-state index in [0.717, 1.165) is 0 Å². The molecule has 9 heteroatoms. The fourth-order valence-corrected chi connectivity index (χ4v) is 2.35. The molecule has 0 bridgehead atoms. The second kappa shape index (κ2) is 7.73. The number of aromatic nitrogens is 4. The summed E-state index contributed by atoms with van der Waals surface area (Å²) < 4.78 is 3.17. The van der Waals surface area contributed by atoms with Crippen LogP contribution in [0.2, 0.25) is 0 Å².